The summed E-state index contributed by atoms with van der Waals surface area (Å²) >= 11 is 3.34. The summed E-state index contributed by atoms with van der Waals surface area (Å²) < 4.78 is 29.4. The molecule has 2 aliphatic rings. The predicted octanol–water partition coefficient (Wildman–Crippen LogP) is 14.7. The molecule has 0 spiro atoms. The van der Waals surface area contributed by atoms with Crippen molar-refractivity contribution in [2.45, 2.75) is 139 Å². The highest BCUT2D eigenvalue weighted by atomic mass is 32.2. The lowest BCUT2D eigenvalue weighted by molar-refractivity contribution is -0.131. The second-order valence-corrected chi connectivity index (χ2v) is 33.7. The highest BCUT2D eigenvalue weighted by Gasteiger charge is 2.42. The van der Waals surface area contributed by atoms with Gasteiger partial charge in [-0.3, -0.25) is 9.59 Å². The van der Waals surface area contributed by atoms with Gasteiger partial charge in [-0.2, -0.15) is 0 Å². The standard InChI is InChI=1S/2C29H40N2O3SSi/c1-9-30(10-2)28(32)27-25-24-21(15-13-16-22(24)33-6)31(18-19-34-36(7,8)29(3,4)5)26(25)20-14-11-12-17-23(20)35-27;1-9-30(10-2)28(32)27-25-21-16-15-20(33-6)19-23(21)31(17-18-34-36(7,8)29(3,4)5)26(25)22-13-11-12-14-24(22)35-27/h11-17,27H,9-10,18-19H2,1-8H3;11-16,19,27H,9-10,17-18H2,1-8H3. The van der Waals surface area contributed by atoms with Gasteiger partial charge in [0.1, 0.15) is 22.0 Å². The van der Waals surface area contributed by atoms with Crippen LogP contribution < -0.4 is 9.47 Å². The van der Waals surface area contributed by atoms with Crippen molar-refractivity contribution in [3.63, 3.8) is 0 Å². The minimum absolute atomic E-state index is 0.152. The second-order valence-electron chi connectivity index (χ2n) is 21.8. The number of fused-ring (bicyclic) bond motifs is 10. The third kappa shape index (κ3) is 10.6. The van der Waals surface area contributed by atoms with E-state index < -0.39 is 16.6 Å². The van der Waals surface area contributed by atoms with Crippen molar-refractivity contribution in [1.29, 1.82) is 0 Å². The van der Waals surface area contributed by atoms with Crippen molar-refractivity contribution in [3.05, 3.63) is 96.1 Å². The largest absolute Gasteiger partial charge is 0.497 e. The first kappa shape index (κ1) is 55.3. The number of nitrogens with zero attached hydrogens (tertiary/aromatic N) is 4. The van der Waals surface area contributed by atoms with Crippen LogP contribution in [0, 0.1) is 0 Å². The van der Waals surface area contributed by atoms with Crippen LogP contribution in [0.1, 0.15) is 90.9 Å². The molecule has 2 unspecified atom stereocenters. The third-order valence-electron chi connectivity index (χ3n) is 15.7. The van der Waals surface area contributed by atoms with Gasteiger partial charge in [-0.05, 0) is 100 Å². The smallest absolute Gasteiger partial charge is 0.240 e. The zero-order valence-electron chi connectivity index (χ0n) is 45.9. The minimum atomic E-state index is -1.89. The summed E-state index contributed by atoms with van der Waals surface area (Å²) in [6.07, 6.45) is 0. The topological polar surface area (TPSA) is 87.4 Å². The second kappa shape index (κ2) is 22.2. The molecule has 2 amide bonds. The molecule has 4 aromatic carbocycles. The van der Waals surface area contributed by atoms with Crippen LogP contribution in [0.2, 0.25) is 36.3 Å². The van der Waals surface area contributed by atoms with Gasteiger partial charge in [0, 0.05) is 88.2 Å². The molecule has 0 fully saturated rings. The lowest BCUT2D eigenvalue weighted by Gasteiger charge is -2.36. The van der Waals surface area contributed by atoms with Crippen LogP contribution in [0.4, 0.5) is 0 Å². The van der Waals surface area contributed by atoms with Gasteiger partial charge < -0.3 is 37.3 Å². The minimum Gasteiger partial charge on any atom is -0.497 e. The number of rotatable bonds is 16. The Kier molecular flexibility index (Phi) is 17.0. The first-order valence-electron chi connectivity index (χ1n) is 25.9. The molecule has 72 heavy (non-hydrogen) atoms. The summed E-state index contributed by atoms with van der Waals surface area (Å²) in [4.78, 5) is 33.9. The van der Waals surface area contributed by atoms with Gasteiger partial charge in [0.15, 0.2) is 16.6 Å². The molecule has 0 saturated carbocycles. The Hall–Kier alpha value is -4.45. The van der Waals surface area contributed by atoms with Crippen LogP contribution in [0.5, 0.6) is 11.5 Å². The molecule has 0 radical (unpaired) electrons. The van der Waals surface area contributed by atoms with Gasteiger partial charge in [-0.1, -0.05) is 84.0 Å². The molecule has 2 aliphatic heterocycles. The molecule has 388 valence electrons. The lowest BCUT2D eigenvalue weighted by atomic mass is 10.00. The molecule has 0 aliphatic carbocycles. The van der Waals surface area contributed by atoms with E-state index >= 15 is 0 Å². The number of amides is 2. The number of hydrogen-bond acceptors (Lipinski definition) is 8. The molecule has 0 N–H and O–H groups in total. The lowest BCUT2D eigenvalue weighted by Crippen LogP contribution is -2.41. The van der Waals surface area contributed by atoms with E-state index in [0.717, 1.165) is 78.7 Å². The Balaban J connectivity index is 0.000000211. The molecule has 6 aromatic rings. The Bertz CT molecular complexity index is 2870. The summed E-state index contributed by atoms with van der Waals surface area (Å²) in [5.41, 5.74) is 8.97. The maximum absolute atomic E-state index is 13.9. The summed E-state index contributed by atoms with van der Waals surface area (Å²) in [6.45, 7) is 36.5. The fourth-order valence-corrected chi connectivity index (χ4v) is 14.2. The van der Waals surface area contributed by atoms with Gasteiger partial charge in [0.2, 0.25) is 11.8 Å². The number of carbonyl (C=O) groups is 2. The van der Waals surface area contributed by atoms with E-state index in [-0.39, 0.29) is 32.4 Å². The average molecular weight is 1050 g/mol. The van der Waals surface area contributed by atoms with Crippen LogP contribution in [0.15, 0.2) is 94.7 Å². The maximum atomic E-state index is 13.9. The molecule has 4 heterocycles. The summed E-state index contributed by atoms with van der Waals surface area (Å²) in [5.74, 6) is 1.96. The van der Waals surface area contributed by atoms with Crippen molar-refractivity contribution in [2.24, 2.45) is 0 Å². The Morgan fingerprint density at radius 2 is 1.04 bits per heavy atom. The first-order valence-corrected chi connectivity index (χ1v) is 33.4. The number of benzene rings is 4. The highest BCUT2D eigenvalue weighted by Crippen LogP contribution is 2.56. The zero-order chi connectivity index (χ0) is 52.5. The number of aromatic nitrogens is 2. The van der Waals surface area contributed by atoms with Gasteiger partial charge in [-0.15, -0.1) is 23.5 Å². The molecule has 2 aromatic heterocycles. The van der Waals surface area contributed by atoms with E-state index in [1.165, 1.54) is 11.1 Å². The predicted molar refractivity (Wildman–Crippen MR) is 307 cm³/mol. The number of methoxy groups -OCH3 is 2. The summed E-state index contributed by atoms with van der Waals surface area (Å²) in [5, 5.41) is 1.85. The Morgan fingerprint density at radius 1 is 0.583 bits per heavy atom. The van der Waals surface area contributed by atoms with Crippen molar-refractivity contribution in [1.82, 2.24) is 18.9 Å². The van der Waals surface area contributed by atoms with E-state index in [1.54, 1.807) is 37.7 Å². The number of likely N-dealkylation sites (N-methyl/N-ethyl adjacent to an activating group) is 2. The molecule has 10 nitrogen and oxygen atoms in total. The summed E-state index contributed by atoms with van der Waals surface area (Å²) in [7, 11) is -0.366. The molecule has 0 saturated heterocycles. The van der Waals surface area contributed by atoms with Crippen molar-refractivity contribution in [2.75, 3.05) is 53.6 Å². The number of carbonyl (C=O) groups excluding carboxylic acids is 2. The molecule has 14 heteroatoms. The average Bonchev–Trinajstić information content (AvgIpc) is 3.86. The van der Waals surface area contributed by atoms with Crippen molar-refractivity contribution >= 4 is 73.8 Å². The SMILES string of the molecule is CCN(CC)C(=O)C1Sc2ccccc2-c2c1c1c(OC)cccc1n2CCO[Si](C)(C)C(C)(C)C.CCN(CC)C(=O)C1Sc2ccccc2-c2c1c1ccc(OC)cc1n2CCO[Si](C)(C)C(C)(C)C. The number of ether oxygens (including phenoxy) is 2. The van der Waals surface area contributed by atoms with Crippen LogP contribution >= 0.6 is 23.5 Å². The molecule has 2 atom stereocenters. The molecule has 0 bridgehead atoms. The van der Waals surface area contributed by atoms with E-state index in [4.69, 9.17) is 18.3 Å². The first-order chi connectivity index (χ1) is 34.1. The van der Waals surface area contributed by atoms with Crippen LogP contribution in [-0.2, 0) is 31.5 Å². The molecular weight excluding hydrogens is 969 g/mol. The van der Waals surface area contributed by atoms with E-state index in [2.05, 4.69) is 157 Å². The fraction of sp³-hybridized carbons (Fsp3) is 0.483. The monoisotopic (exact) mass is 1050 g/mol. The maximum Gasteiger partial charge on any atom is 0.240 e. The van der Waals surface area contributed by atoms with Gasteiger partial charge in [0.25, 0.3) is 0 Å². The normalized spacial score (nSPS) is 15.5. The van der Waals surface area contributed by atoms with Crippen LogP contribution in [-0.4, -0.2) is 101 Å². The van der Waals surface area contributed by atoms with Crippen molar-refractivity contribution < 1.29 is 27.9 Å². The van der Waals surface area contributed by atoms with Gasteiger partial charge in [-0.25, -0.2) is 0 Å². The van der Waals surface area contributed by atoms with Gasteiger partial charge in [0.05, 0.1) is 49.9 Å². The summed E-state index contributed by atoms with van der Waals surface area (Å²) in [6, 6.07) is 29.3. The van der Waals surface area contributed by atoms with Crippen molar-refractivity contribution in [3.8, 4) is 34.0 Å². The fourth-order valence-electron chi connectivity index (χ4n) is 9.49. The molecule has 8 rings (SSSR count). The van der Waals surface area contributed by atoms with E-state index in [1.807, 2.05) is 41.8 Å². The van der Waals surface area contributed by atoms with E-state index in [0.29, 0.717) is 39.4 Å². The zero-order valence-corrected chi connectivity index (χ0v) is 49.6. The third-order valence-corrected chi connectivity index (χ3v) is 27.3. The van der Waals surface area contributed by atoms with E-state index in [9.17, 15) is 9.59 Å². The van der Waals surface area contributed by atoms with Gasteiger partial charge >= 0.3 is 0 Å². The quantitative estimate of drug-likeness (QED) is 0.0886. The van der Waals surface area contributed by atoms with Crippen LogP contribution in [0.25, 0.3) is 44.3 Å². The number of thioether (sulfide) groups is 2. The Labute approximate surface area is 440 Å². The Morgan fingerprint density at radius 3 is 1.50 bits per heavy atom. The highest BCUT2D eigenvalue weighted by molar-refractivity contribution is 8.00. The number of hydrogen-bond donors (Lipinski definition) is 0. The van der Waals surface area contributed by atoms with Crippen LogP contribution in [0.3, 0.4) is 0 Å². The molecular formula is C58H80N4O6S2Si2.